The van der Waals surface area contributed by atoms with Gasteiger partial charge in [0.15, 0.2) is 5.96 Å². The summed E-state index contributed by atoms with van der Waals surface area (Å²) in [7, 11) is 0. The van der Waals surface area contributed by atoms with Gasteiger partial charge in [-0.05, 0) is 48.1 Å². The first-order valence-corrected chi connectivity index (χ1v) is 10.3. The quantitative estimate of drug-likeness (QED) is 0.335. The summed E-state index contributed by atoms with van der Waals surface area (Å²) in [5, 5.41) is 8.04. The molecule has 1 aliphatic rings. The Bertz CT molecular complexity index is 885. The molecule has 0 saturated carbocycles. The summed E-state index contributed by atoms with van der Waals surface area (Å²) in [5.41, 5.74) is 0.945. The van der Waals surface area contributed by atoms with Crippen LogP contribution < -0.4 is 10.6 Å². The molecule has 0 unspecified atom stereocenters. The molecule has 0 aliphatic carbocycles. The number of benzene rings is 1. The van der Waals surface area contributed by atoms with Crippen molar-refractivity contribution in [3.05, 3.63) is 57.3 Å². The van der Waals surface area contributed by atoms with Crippen LogP contribution in [0.25, 0.3) is 0 Å². The second-order valence-electron chi connectivity index (χ2n) is 6.68. The predicted molar refractivity (Wildman–Crippen MR) is 123 cm³/mol. The van der Waals surface area contributed by atoms with Crippen molar-refractivity contribution in [2.75, 3.05) is 19.6 Å². The zero-order chi connectivity index (χ0) is 20.9. The number of carbonyl (C=O) groups excluding carboxylic acids is 1. The molecule has 1 aromatic carbocycles. The Kier molecular flexibility index (Phi) is 8.95. The lowest BCUT2D eigenvalue weighted by molar-refractivity contribution is -0.137. The molecule has 2 heterocycles. The Morgan fingerprint density at radius 2 is 2.07 bits per heavy atom. The maximum absolute atomic E-state index is 12.8. The van der Waals surface area contributed by atoms with Gasteiger partial charge in [0.05, 0.1) is 18.7 Å². The number of rotatable bonds is 5. The van der Waals surface area contributed by atoms with Gasteiger partial charge < -0.3 is 15.5 Å². The highest BCUT2D eigenvalue weighted by atomic mass is 127. The molecule has 0 bridgehead atoms. The summed E-state index contributed by atoms with van der Waals surface area (Å²) < 4.78 is 38.5. The van der Waals surface area contributed by atoms with Gasteiger partial charge in [-0.1, -0.05) is 12.1 Å². The lowest BCUT2D eigenvalue weighted by Crippen LogP contribution is -2.45. The molecule has 164 valence electrons. The molecule has 0 fully saturated rings. The van der Waals surface area contributed by atoms with Crippen LogP contribution in [0.5, 0.6) is 0 Å². The van der Waals surface area contributed by atoms with E-state index in [0.717, 1.165) is 18.6 Å². The molecule has 0 atom stereocenters. The average Bonchev–Trinajstić information content (AvgIpc) is 3.17. The second kappa shape index (κ2) is 11.0. The summed E-state index contributed by atoms with van der Waals surface area (Å²) in [4.78, 5) is 20.0. The Hall–Kier alpha value is -1.82. The molecule has 3 rings (SSSR count). The average molecular weight is 552 g/mol. The van der Waals surface area contributed by atoms with Gasteiger partial charge in [-0.15, -0.1) is 35.3 Å². The van der Waals surface area contributed by atoms with E-state index in [1.54, 1.807) is 22.3 Å². The third-order valence-electron chi connectivity index (χ3n) is 4.59. The van der Waals surface area contributed by atoms with Gasteiger partial charge in [-0.3, -0.25) is 4.79 Å². The van der Waals surface area contributed by atoms with Crippen molar-refractivity contribution in [3.8, 4) is 0 Å². The van der Waals surface area contributed by atoms with Crippen LogP contribution in [0.3, 0.4) is 0 Å². The van der Waals surface area contributed by atoms with Gasteiger partial charge in [0.2, 0.25) is 5.91 Å². The number of alkyl halides is 3. The highest BCUT2D eigenvalue weighted by Crippen LogP contribution is 2.29. The van der Waals surface area contributed by atoms with E-state index >= 15 is 0 Å². The van der Waals surface area contributed by atoms with E-state index < -0.39 is 11.7 Å². The monoisotopic (exact) mass is 552 g/mol. The minimum Gasteiger partial charge on any atom is -0.357 e. The topological polar surface area (TPSA) is 56.7 Å². The minimum atomic E-state index is -4.38. The molecule has 30 heavy (non-hydrogen) atoms. The molecule has 2 N–H and O–H groups in total. The summed E-state index contributed by atoms with van der Waals surface area (Å²) in [6.45, 7) is 3.91. The number of nitrogens with one attached hydrogen (secondary N) is 2. The number of nitrogens with zero attached hydrogens (tertiary/aromatic N) is 2. The normalized spacial score (nSPS) is 14.0. The number of thiophene rings is 1. The van der Waals surface area contributed by atoms with Gasteiger partial charge in [0, 0.05) is 24.5 Å². The molecule has 0 spiro atoms. The first-order valence-electron chi connectivity index (χ1n) is 9.38. The van der Waals surface area contributed by atoms with E-state index in [4.69, 9.17) is 0 Å². The molecule has 0 radical (unpaired) electrons. The van der Waals surface area contributed by atoms with E-state index in [2.05, 4.69) is 15.6 Å². The van der Waals surface area contributed by atoms with Crippen molar-refractivity contribution in [1.82, 2.24) is 15.5 Å². The lowest BCUT2D eigenvalue weighted by atomic mass is 10.1. The fourth-order valence-corrected chi connectivity index (χ4v) is 3.98. The maximum Gasteiger partial charge on any atom is 0.416 e. The molecule has 1 amide bonds. The van der Waals surface area contributed by atoms with E-state index in [1.165, 1.54) is 16.5 Å². The predicted octanol–water partition coefficient (Wildman–Crippen LogP) is 4.02. The van der Waals surface area contributed by atoms with Crippen molar-refractivity contribution < 1.29 is 18.0 Å². The van der Waals surface area contributed by atoms with Crippen LogP contribution in [0.1, 0.15) is 28.5 Å². The van der Waals surface area contributed by atoms with Crippen molar-refractivity contribution in [2.45, 2.75) is 32.6 Å². The molecule has 10 heteroatoms. The zero-order valence-electron chi connectivity index (χ0n) is 16.5. The fourth-order valence-electron chi connectivity index (χ4n) is 3.09. The Morgan fingerprint density at radius 1 is 1.27 bits per heavy atom. The number of halogens is 4. The third kappa shape index (κ3) is 6.59. The molecule has 0 saturated heterocycles. The molecular formula is C20H24F3IN4OS. The number of amides is 1. The first-order chi connectivity index (χ1) is 13.9. The van der Waals surface area contributed by atoms with E-state index in [9.17, 15) is 18.0 Å². The highest BCUT2D eigenvalue weighted by molar-refractivity contribution is 14.0. The van der Waals surface area contributed by atoms with Gasteiger partial charge >= 0.3 is 6.18 Å². The Balaban J connectivity index is 0.00000320. The molecule has 1 aliphatic heterocycles. The summed E-state index contributed by atoms with van der Waals surface area (Å²) >= 11 is 1.72. The SMILES string of the molecule is CCNC(=NCc1cccc(C(F)(F)F)c1)NCC(=O)N1CCc2sccc2C1.I. The Morgan fingerprint density at radius 3 is 2.80 bits per heavy atom. The second-order valence-corrected chi connectivity index (χ2v) is 7.68. The van der Waals surface area contributed by atoms with Crippen LogP contribution in [0, 0.1) is 0 Å². The van der Waals surface area contributed by atoms with E-state index in [0.29, 0.717) is 31.2 Å². The van der Waals surface area contributed by atoms with E-state index in [1.807, 2.05) is 18.4 Å². The number of fused-ring (bicyclic) bond motifs is 1. The molecule has 5 nitrogen and oxygen atoms in total. The van der Waals surface area contributed by atoms with Crippen molar-refractivity contribution >= 4 is 47.2 Å². The Labute approximate surface area is 194 Å². The summed E-state index contributed by atoms with van der Waals surface area (Å²) in [6, 6.07) is 7.14. The van der Waals surface area contributed by atoms with E-state index in [-0.39, 0.29) is 43.0 Å². The standard InChI is InChI=1S/C20H23F3N4OS.HI/c1-2-24-19(25-11-14-4-3-5-16(10-14)20(21,22)23)26-12-18(28)27-8-6-17-15(13-27)7-9-29-17;/h3-5,7,9-10H,2,6,8,11-13H2,1H3,(H2,24,25,26);1H. The summed E-state index contributed by atoms with van der Waals surface area (Å²) in [5.74, 6) is 0.359. The maximum atomic E-state index is 12.8. The van der Waals surface area contributed by atoms with Crippen molar-refractivity contribution in [1.29, 1.82) is 0 Å². The smallest absolute Gasteiger partial charge is 0.357 e. The van der Waals surface area contributed by atoms with Crippen LogP contribution >= 0.6 is 35.3 Å². The number of carbonyl (C=O) groups is 1. The highest BCUT2D eigenvalue weighted by Gasteiger charge is 2.30. The zero-order valence-corrected chi connectivity index (χ0v) is 19.6. The number of hydrogen-bond donors (Lipinski definition) is 2. The van der Waals surface area contributed by atoms with Gasteiger partial charge in [-0.25, -0.2) is 4.99 Å². The van der Waals surface area contributed by atoms with Crippen LogP contribution in [0.4, 0.5) is 13.2 Å². The van der Waals surface area contributed by atoms with Crippen LogP contribution in [-0.2, 0) is 30.5 Å². The van der Waals surface area contributed by atoms with Crippen LogP contribution in [0.2, 0.25) is 0 Å². The third-order valence-corrected chi connectivity index (χ3v) is 5.61. The van der Waals surface area contributed by atoms with Gasteiger partial charge in [0.1, 0.15) is 0 Å². The number of aliphatic imine (C=N–C) groups is 1. The minimum absolute atomic E-state index is 0. The van der Waals surface area contributed by atoms with Gasteiger partial charge in [0.25, 0.3) is 0 Å². The summed E-state index contributed by atoms with van der Waals surface area (Å²) in [6.07, 6.45) is -3.52. The van der Waals surface area contributed by atoms with Crippen molar-refractivity contribution in [2.24, 2.45) is 4.99 Å². The molecule has 1 aromatic heterocycles. The van der Waals surface area contributed by atoms with Crippen LogP contribution in [-0.4, -0.2) is 36.4 Å². The lowest BCUT2D eigenvalue weighted by Gasteiger charge is -2.27. The molecular weight excluding hydrogens is 528 g/mol. The number of hydrogen-bond acceptors (Lipinski definition) is 3. The fraction of sp³-hybridized carbons (Fsp3) is 0.400. The van der Waals surface area contributed by atoms with Gasteiger partial charge in [-0.2, -0.15) is 13.2 Å². The first kappa shape index (κ1) is 24.4. The molecule has 2 aromatic rings. The largest absolute Gasteiger partial charge is 0.416 e. The number of guanidine groups is 1. The van der Waals surface area contributed by atoms with Crippen molar-refractivity contribution in [3.63, 3.8) is 0 Å². The van der Waals surface area contributed by atoms with Crippen LogP contribution in [0.15, 0.2) is 40.7 Å².